The summed E-state index contributed by atoms with van der Waals surface area (Å²) in [5.74, 6) is -0.831. The van der Waals surface area contributed by atoms with Gasteiger partial charge in [-0.25, -0.2) is 9.59 Å². The predicted molar refractivity (Wildman–Crippen MR) is 79.7 cm³/mol. The highest BCUT2D eigenvalue weighted by Gasteiger charge is 2.26. The topological polar surface area (TPSA) is 81.7 Å². The number of rotatable bonds is 8. The molecular formula is C14H29N3O3. The van der Waals surface area contributed by atoms with Crippen molar-refractivity contribution in [2.75, 3.05) is 20.6 Å². The first-order valence-corrected chi connectivity index (χ1v) is 7.13. The largest absolute Gasteiger partial charge is 0.480 e. The number of likely N-dealkylation sites (N-methyl/N-ethyl adjacent to an activating group) is 1. The van der Waals surface area contributed by atoms with Crippen molar-refractivity contribution in [2.24, 2.45) is 11.8 Å². The molecule has 0 heterocycles. The third kappa shape index (κ3) is 6.75. The number of carbonyl (C=O) groups is 2. The molecule has 0 bridgehead atoms. The van der Waals surface area contributed by atoms with E-state index in [1.165, 1.54) is 0 Å². The van der Waals surface area contributed by atoms with Crippen LogP contribution in [0.2, 0.25) is 0 Å². The highest BCUT2D eigenvalue weighted by atomic mass is 16.4. The Labute approximate surface area is 121 Å². The molecule has 6 heteroatoms. The maximum absolute atomic E-state index is 12.0. The summed E-state index contributed by atoms with van der Waals surface area (Å²) in [7, 11) is 3.88. The lowest BCUT2D eigenvalue weighted by Crippen LogP contribution is -2.54. The van der Waals surface area contributed by atoms with Crippen molar-refractivity contribution >= 4 is 12.0 Å². The van der Waals surface area contributed by atoms with Crippen LogP contribution in [0.25, 0.3) is 0 Å². The van der Waals surface area contributed by atoms with Crippen LogP contribution in [0, 0.1) is 11.8 Å². The zero-order valence-corrected chi connectivity index (χ0v) is 13.4. The molecule has 0 aromatic heterocycles. The number of amides is 2. The van der Waals surface area contributed by atoms with Gasteiger partial charge in [0.2, 0.25) is 0 Å². The average molecular weight is 287 g/mol. The lowest BCUT2D eigenvalue weighted by molar-refractivity contribution is -0.140. The second-order valence-corrected chi connectivity index (χ2v) is 5.93. The van der Waals surface area contributed by atoms with E-state index in [0.717, 1.165) is 0 Å². The van der Waals surface area contributed by atoms with E-state index in [4.69, 9.17) is 5.11 Å². The van der Waals surface area contributed by atoms with Crippen molar-refractivity contribution in [2.45, 2.75) is 46.2 Å². The van der Waals surface area contributed by atoms with Crippen LogP contribution in [0.1, 0.15) is 34.1 Å². The van der Waals surface area contributed by atoms with Gasteiger partial charge in [0.1, 0.15) is 6.04 Å². The summed E-state index contributed by atoms with van der Waals surface area (Å²) in [4.78, 5) is 25.1. The van der Waals surface area contributed by atoms with Crippen molar-refractivity contribution in [3.8, 4) is 0 Å². The van der Waals surface area contributed by atoms with E-state index in [2.05, 4.69) is 10.6 Å². The molecule has 118 valence electrons. The van der Waals surface area contributed by atoms with Crippen LogP contribution in [0.15, 0.2) is 0 Å². The maximum atomic E-state index is 12.0. The fourth-order valence-corrected chi connectivity index (χ4v) is 1.85. The van der Waals surface area contributed by atoms with Crippen molar-refractivity contribution in [1.82, 2.24) is 15.5 Å². The molecule has 0 aliphatic carbocycles. The number of nitrogens with zero attached hydrogens (tertiary/aromatic N) is 1. The van der Waals surface area contributed by atoms with Crippen LogP contribution in [-0.2, 0) is 4.79 Å². The van der Waals surface area contributed by atoms with E-state index in [0.29, 0.717) is 13.0 Å². The molecule has 3 N–H and O–H groups in total. The molecule has 20 heavy (non-hydrogen) atoms. The summed E-state index contributed by atoms with van der Waals surface area (Å²) in [5, 5.41) is 14.6. The van der Waals surface area contributed by atoms with Crippen LogP contribution >= 0.6 is 0 Å². The van der Waals surface area contributed by atoms with Crippen molar-refractivity contribution < 1.29 is 14.7 Å². The Kier molecular flexibility index (Phi) is 8.22. The van der Waals surface area contributed by atoms with Crippen LogP contribution in [0.5, 0.6) is 0 Å². The number of urea groups is 1. The number of carboxylic acid groups (broad SMARTS) is 1. The zero-order valence-electron chi connectivity index (χ0n) is 13.4. The Hall–Kier alpha value is -1.30. The molecule has 0 saturated heterocycles. The van der Waals surface area contributed by atoms with Gasteiger partial charge in [-0.2, -0.15) is 0 Å². The van der Waals surface area contributed by atoms with E-state index >= 15 is 0 Å². The first kappa shape index (κ1) is 18.7. The molecule has 3 atom stereocenters. The fraction of sp³-hybridized carbons (Fsp3) is 0.857. The van der Waals surface area contributed by atoms with Gasteiger partial charge in [0, 0.05) is 12.6 Å². The van der Waals surface area contributed by atoms with Gasteiger partial charge in [0.25, 0.3) is 0 Å². The van der Waals surface area contributed by atoms with Gasteiger partial charge in [0.15, 0.2) is 0 Å². The maximum Gasteiger partial charge on any atom is 0.326 e. The molecule has 0 fully saturated rings. The van der Waals surface area contributed by atoms with Gasteiger partial charge in [-0.05, 0) is 25.9 Å². The predicted octanol–water partition coefficient (Wildman–Crippen LogP) is 1.37. The van der Waals surface area contributed by atoms with E-state index < -0.39 is 18.0 Å². The molecule has 0 aromatic rings. The fourth-order valence-electron chi connectivity index (χ4n) is 1.85. The molecule has 0 saturated carbocycles. The summed E-state index contributed by atoms with van der Waals surface area (Å²) in [6, 6.07) is -1.29. The van der Waals surface area contributed by atoms with Crippen molar-refractivity contribution in [3.63, 3.8) is 0 Å². The Morgan fingerprint density at radius 3 is 2.05 bits per heavy atom. The Balaban J connectivity index is 4.60. The molecule has 0 rings (SSSR count). The molecule has 0 aromatic carbocycles. The molecule has 1 unspecified atom stereocenters. The number of carboxylic acids is 1. The van der Waals surface area contributed by atoms with Gasteiger partial charge in [-0.1, -0.05) is 34.1 Å². The summed E-state index contributed by atoms with van der Waals surface area (Å²) in [5.41, 5.74) is 0. The Morgan fingerprint density at radius 2 is 1.70 bits per heavy atom. The van der Waals surface area contributed by atoms with Crippen LogP contribution in [0.3, 0.4) is 0 Å². The SMILES string of the molecule is CC[C@H](C)[C@H](NC(=O)NC(CN(C)C)C(C)C)C(=O)O. The van der Waals surface area contributed by atoms with Crippen LogP contribution in [0.4, 0.5) is 4.79 Å². The highest BCUT2D eigenvalue weighted by Crippen LogP contribution is 2.08. The second kappa shape index (κ2) is 8.79. The van der Waals surface area contributed by atoms with E-state index in [9.17, 15) is 9.59 Å². The van der Waals surface area contributed by atoms with E-state index in [-0.39, 0.29) is 17.9 Å². The lowest BCUT2D eigenvalue weighted by Gasteiger charge is -2.27. The number of aliphatic carboxylic acids is 1. The van der Waals surface area contributed by atoms with Crippen molar-refractivity contribution in [1.29, 1.82) is 0 Å². The van der Waals surface area contributed by atoms with Crippen LogP contribution < -0.4 is 10.6 Å². The minimum Gasteiger partial charge on any atom is -0.480 e. The monoisotopic (exact) mass is 287 g/mol. The number of hydrogen-bond donors (Lipinski definition) is 3. The zero-order chi connectivity index (χ0) is 15.9. The third-order valence-corrected chi connectivity index (χ3v) is 3.45. The Morgan fingerprint density at radius 1 is 1.15 bits per heavy atom. The number of nitrogens with one attached hydrogen (secondary N) is 2. The molecule has 2 amide bonds. The molecular weight excluding hydrogens is 258 g/mol. The molecule has 0 aliphatic heterocycles. The summed E-state index contributed by atoms with van der Waals surface area (Å²) < 4.78 is 0. The van der Waals surface area contributed by atoms with Gasteiger partial charge in [0.05, 0.1) is 0 Å². The summed E-state index contributed by atoms with van der Waals surface area (Å²) >= 11 is 0. The lowest BCUT2D eigenvalue weighted by atomic mass is 9.99. The normalized spacial score (nSPS) is 15.8. The van der Waals surface area contributed by atoms with Crippen molar-refractivity contribution in [3.05, 3.63) is 0 Å². The molecule has 0 spiro atoms. The van der Waals surface area contributed by atoms with Gasteiger partial charge in [-0.3, -0.25) is 0 Å². The standard InChI is InChI=1S/C14H29N3O3/c1-7-10(4)12(13(18)19)16-14(20)15-11(9(2)3)8-17(5)6/h9-12H,7-8H2,1-6H3,(H,18,19)(H2,15,16,20)/t10-,11?,12-/m0/s1. The van der Waals surface area contributed by atoms with Gasteiger partial charge in [-0.15, -0.1) is 0 Å². The summed E-state index contributed by atoms with van der Waals surface area (Å²) in [6.07, 6.45) is 0.697. The highest BCUT2D eigenvalue weighted by molar-refractivity contribution is 5.82. The number of carbonyl (C=O) groups excluding carboxylic acids is 1. The second-order valence-electron chi connectivity index (χ2n) is 5.93. The molecule has 0 aliphatic rings. The minimum atomic E-state index is -0.997. The van der Waals surface area contributed by atoms with Gasteiger partial charge < -0.3 is 20.6 Å². The Bertz CT molecular complexity index is 319. The summed E-state index contributed by atoms with van der Waals surface area (Å²) in [6.45, 7) is 8.49. The molecule has 6 nitrogen and oxygen atoms in total. The van der Waals surface area contributed by atoms with E-state index in [1.807, 2.05) is 46.7 Å². The van der Waals surface area contributed by atoms with Crippen LogP contribution in [-0.4, -0.2) is 54.7 Å². The average Bonchev–Trinajstić information content (AvgIpc) is 2.33. The quantitative estimate of drug-likeness (QED) is 0.630. The smallest absolute Gasteiger partial charge is 0.326 e. The number of hydrogen-bond acceptors (Lipinski definition) is 3. The van der Waals surface area contributed by atoms with E-state index in [1.54, 1.807) is 0 Å². The third-order valence-electron chi connectivity index (χ3n) is 3.45. The minimum absolute atomic E-state index is 0.0172. The first-order chi connectivity index (χ1) is 9.18. The molecule has 0 radical (unpaired) electrons. The van der Waals surface area contributed by atoms with Gasteiger partial charge >= 0.3 is 12.0 Å². The first-order valence-electron chi connectivity index (χ1n) is 7.13.